The first-order valence-electron chi connectivity index (χ1n) is 9.40. The van der Waals surface area contributed by atoms with Gasteiger partial charge in [0, 0.05) is 13.1 Å². The molecule has 5 nitrogen and oxygen atoms in total. The summed E-state index contributed by atoms with van der Waals surface area (Å²) in [7, 11) is 0. The maximum atomic E-state index is 13.5. The standard InChI is InChI=1S/C21H19Cl2N3O2/c1-12-3-5-13(6-4-12)18-17-19(25-10-2-9-24(18)25)21(28)26(20(17)27)14-7-8-15(22)16(23)11-14/h3-8,11,17-19H,2,9-10H2,1H3/t17-,18-,19+/m0/s1. The molecule has 0 saturated carbocycles. The lowest BCUT2D eigenvalue weighted by molar-refractivity contribution is -0.126. The van der Waals surface area contributed by atoms with Gasteiger partial charge in [-0.15, -0.1) is 0 Å². The number of anilines is 1. The summed E-state index contributed by atoms with van der Waals surface area (Å²) in [4.78, 5) is 28.1. The van der Waals surface area contributed by atoms with Crippen molar-refractivity contribution in [3.8, 4) is 0 Å². The molecule has 3 aliphatic rings. The first-order chi connectivity index (χ1) is 13.5. The summed E-state index contributed by atoms with van der Waals surface area (Å²) in [6.07, 6.45) is 0.986. The normalized spacial score (nSPS) is 27.5. The Bertz CT molecular complexity index is 978. The number of carbonyl (C=O) groups excluding carboxylic acids is 2. The van der Waals surface area contributed by atoms with E-state index in [2.05, 4.69) is 34.3 Å². The van der Waals surface area contributed by atoms with Gasteiger partial charge >= 0.3 is 0 Å². The number of benzene rings is 2. The van der Waals surface area contributed by atoms with E-state index in [1.807, 2.05) is 6.92 Å². The summed E-state index contributed by atoms with van der Waals surface area (Å²) in [5.41, 5.74) is 2.72. The third kappa shape index (κ3) is 2.54. The highest BCUT2D eigenvalue weighted by Gasteiger charge is 2.62. The van der Waals surface area contributed by atoms with Gasteiger partial charge in [0.15, 0.2) is 0 Å². The van der Waals surface area contributed by atoms with Crippen molar-refractivity contribution in [2.75, 3.05) is 18.0 Å². The van der Waals surface area contributed by atoms with Crippen LogP contribution in [0.2, 0.25) is 10.0 Å². The van der Waals surface area contributed by atoms with Gasteiger partial charge < -0.3 is 0 Å². The Morgan fingerprint density at radius 2 is 1.54 bits per heavy atom. The summed E-state index contributed by atoms with van der Waals surface area (Å²) < 4.78 is 0. The molecule has 7 heteroatoms. The Balaban J connectivity index is 1.58. The maximum Gasteiger partial charge on any atom is 0.253 e. The van der Waals surface area contributed by atoms with Crippen molar-refractivity contribution in [2.45, 2.75) is 25.4 Å². The molecule has 3 saturated heterocycles. The van der Waals surface area contributed by atoms with Gasteiger partial charge in [0.2, 0.25) is 5.91 Å². The van der Waals surface area contributed by atoms with Gasteiger partial charge in [0.05, 0.1) is 27.7 Å². The van der Waals surface area contributed by atoms with Crippen LogP contribution in [0.4, 0.5) is 5.69 Å². The Morgan fingerprint density at radius 3 is 2.21 bits per heavy atom. The third-order valence-corrected chi connectivity index (χ3v) is 6.73. The summed E-state index contributed by atoms with van der Waals surface area (Å²) in [5.74, 6) is -0.784. The number of hydrazine groups is 1. The van der Waals surface area contributed by atoms with Gasteiger partial charge in [-0.1, -0.05) is 53.0 Å². The molecule has 5 rings (SSSR count). The third-order valence-electron chi connectivity index (χ3n) is 5.99. The average molecular weight is 416 g/mol. The zero-order chi connectivity index (χ0) is 19.6. The van der Waals surface area contributed by atoms with Crippen molar-refractivity contribution in [2.24, 2.45) is 5.92 Å². The number of hydrogen-bond acceptors (Lipinski definition) is 4. The van der Waals surface area contributed by atoms with E-state index in [-0.39, 0.29) is 17.9 Å². The minimum absolute atomic E-state index is 0.127. The van der Waals surface area contributed by atoms with Crippen molar-refractivity contribution >= 4 is 40.7 Å². The fourth-order valence-electron chi connectivity index (χ4n) is 4.76. The summed E-state index contributed by atoms with van der Waals surface area (Å²) in [5, 5.41) is 5.03. The average Bonchev–Trinajstić information content (AvgIpc) is 3.31. The van der Waals surface area contributed by atoms with Crippen LogP contribution in [-0.2, 0) is 9.59 Å². The van der Waals surface area contributed by atoms with Crippen molar-refractivity contribution in [1.29, 1.82) is 0 Å². The minimum atomic E-state index is -0.462. The molecule has 144 valence electrons. The first kappa shape index (κ1) is 18.1. The van der Waals surface area contributed by atoms with Crippen LogP contribution in [0.1, 0.15) is 23.6 Å². The SMILES string of the molecule is Cc1ccc([C@H]2[C@@H]3C(=O)N(c4ccc(Cl)c(Cl)c4)C(=O)[C@@H]3N3CCCN23)cc1. The van der Waals surface area contributed by atoms with Crippen LogP contribution < -0.4 is 4.90 Å². The predicted molar refractivity (Wildman–Crippen MR) is 108 cm³/mol. The highest BCUT2D eigenvalue weighted by molar-refractivity contribution is 6.42. The first-order valence-corrected chi connectivity index (χ1v) is 10.2. The van der Waals surface area contributed by atoms with E-state index in [9.17, 15) is 9.59 Å². The Labute approximate surface area is 173 Å². The van der Waals surface area contributed by atoms with Gasteiger partial charge in [0.1, 0.15) is 6.04 Å². The zero-order valence-corrected chi connectivity index (χ0v) is 16.8. The quantitative estimate of drug-likeness (QED) is 0.698. The molecule has 3 fully saturated rings. The van der Waals surface area contributed by atoms with Crippen LogP contribution in [-0.4, -0.2) is 41.0 Å². The molecule has 2 aromatic rings. The van der Waals surface area contributed by atoms with E-state index in [0.29, 0.717) is 15.7 Å². The lowest BCUT2D eigenvalue weighted by atomic mass is 9.89. The van der Waals surface area contributed by atoms with E-state index in [1.54, 1.807) is 18.2 Å². The number of carbonyl (C=O) groups is 2. The summed E-state index contributed by atoms with van der Waals surface area (Å²) in [6, 6.07) is 12.5. The van der Waals surface area contributed by atoms with Crippen LogP contribution in [0, 0.1) is 12.8 Å². The zero-order valence-electron chi connectivity index (χ0n) is 15.3. The number of hydrogen-bond donors (Lipinski definition) is 0. The predicted octanol–water partition coefficient (Wildman–Crippen LogP) is 3.84. The molecule has 0 bridgehead atoms. The number of rotatable bonds is 2. The maximum absolute atomic E-state index is 13.5. The molecule has 0 spiro atoms. The molecule has 3 atom stereocenters. The second kappa shape index (κ2) is 6.56. The summed E-state index contributed by atoms with van der Waals surface area (Å²) in [6.45, 7) is 3.69. The van der Waals surface area contributed by atoms with Crippen molar-refractivity contribution in [3.05, 3.63) is 63.6 Å². The fourth-order valence-corrected chi connectivity index (χ4v) is 5.05. The second-order valence-electron chi connectivity index (χ2n) is 7.62. The van der Waals surface area contributed by atoms with E-state index in [4.69, 9.17) is 23.2 Å². The fraction of sp³-hybridized carbons (Fsp3) is 0.333. The van der Waals surface area contributed by atoms with Crippen LogP contribution in [0.5, 0.6) is 0 Å². The van der Waals surface area contributed by atoms with Crippen molar-refractivity contribution in [1.82, 2.24) is 10.0 Å². The molecule has 3 aliphatic heterocycles. The molecule has 3 heterocycles. The van der Waals surface area contributed by atoms with Gasteiger partial charge in [-0.05, 0) is 37.1 Å². The monoisotopic (exact) mass is 415 g/mol. The molecule has 2 amide bonds. The number of halogens is 2. The van der Waals surface area contributed by atoms with Crippen molar-refractivity contribution in [3.63, 3.8) is 0 Å². The van der Waals surface area contributed by atoms with E-state index in [1.165, 1.54) is 10.5 Å². The molecule has 2 aromatic carbocycles. The van der Waals surface area contributed by atoms with Gasteiger partial charge in [-0.3, -0.25) is 9.59 Å². The van der Waals surface area contributed by atoms with Crippen molar-refractivity contribution < 1.29 is 9.59 Å². The largest absolute Gasteiger partial charge is 0.274 e. The Kier molecular flexibility index (Phi) is 4.25. The number of imide groups is 1. The number of nitrogens with zero attached hydrogens (tertiary/aromatic N) is 3. The number of amides is 2. The molecule has 28 heavy (non-hydrogen) atoms. The molecule has 0 unspecified atom stereocenters. The van der Waals surface area contributed by atoms with E-state index < -0.39 is 12.0 Å². The highest BCUT2D eigenvalue weighted by atomic mass is 35.5. The van der Waals surface area contributed by atoms with Gasteiger partial charge in [-0.2, -0.15) is 0 Å². The Morgan fingerprint density at radius 1 is 0.857 bits per heavy atom. The van der Waals surface area contributed by atoms with E-state index in [0.717, 1.165) is 25.1 Å². The van der Waals surface area contributed by atoms with Gasteiger partial charge in [0.25, 0.3) is 5.91 Å². The summed E-state index contributed by atoms with van der Waals surface area (Å²) >= 11 is 12.1. The molecule has 0 aliphatic carbocycles. The highest BCUT2D eigenvalue weighted by Crippen LogP contribution is 2.49. The number of fused-ring (bicyclic) bond motifs is 3. The van der Waals surface area contributed by atoms with E-state index >= 15 is 0 Å². The molecule has 0 radical (unpaired) electrons. The molecular formula is C21H19Cl2N3O2. The van der Waals surface area contributed by atoms with Crippen LogP contribution in [0.3, 0.4) is 0 Å². The van der Waals surface area contributed by atoms with Crippen LogP contribution in [0.15, 0.2) is 42.5 Å². The second-order valence-corrected chi connectivity index (χ2v) is 8.43. The molecule has 0 N–H and O–H groups in total. The minimum Gasteiger partial charge on any atom is -0.274 e. The molecule has 0 aromatic heterocycles. The smallest absolute Gasteiger partial charge is 0.253 e. The number of aryl methyl sites for hydroxylation is 1. The molecular weight excluding hydrogens is 397 g/mol. The van der Waals surface area contributed by atoms with Crippen LogP contribution >= 0.6 is 23.2 Å². The lowest BCUT2D eigenvalue weighted by Crippen LogP contribution is -2.44. The Hall–Kier alpha value is -1.92. The lowest BCUT2D eigenvalue weighted by Gasteiger charge is -2.29. The van der Waals surface area contributed by atoms with Crippen LogP contribution in [0.25, 0.3) is 0 Å². The van der Waals surface area contributed by atoms with Gasteiger partial charge in [-0.25, -0.2) is 14.9 Å². The topological polar surface area (TPSA) is 43.9 Å².